The molecule has 2 aromatic rings. The van der Waals surface area contributed by atoms with Crippen molar-refractivity contribution in [2.75, 3.05) is 0 Å². The van der Waals surface area contributed by atoms with Crippen LogP contribution in [-0.4, -0.2) is 16.6 Å². The van der Waals surface area contributed by atoms with Crippen molar-refractivity contribution in [3.8, 4) is 17.1 Å². The molecule has 1 aliphatic rings. The number of benzene rings is 1. The Bertz CT molecular complexity index is 775. The van der Waals surface area contributed by atoms with E-state index >= 15 is 0 Å². The number of hydrogen-bond donors (Lipinski definition) is 0. The monoisotopic (exact) mass is 382 g/mol. The van der Waals surface area contributed by atoms with Crippen LogP contribution in [0.15, 0.2) is 37.2 Å². The van der Waals surface area contributed by atoms with E-state index in [-0.39, 0.29) is 16.4 Å². The maximum absolute atomic E-state index is 14.1. The molecule has 0 unspecified atom stereocenters. The number of allylic oxidation sites excluding steroid dienone is 1. The summed E-state index contributed by atoms with van der Waals surface area (Å²) in [5.74, 6) is -0.678. The molecule has 7 heteroatoms. The van der Waals surface area contributed by atoms with Gasteiger partial charge in [0.05, 0.1) is 10.6 Å². The van der Waals surface area contributed by atoms with Gasteiger partial charge in [-0.15, -0.1) is 6.58 Å². The molecule has 0 aliphatic heterocycles. The van der Waals surface area contributed by atoms with Crippen molar-refractivity contribution in [2.45, 2.75) is 38.2 Å². The minimum atomic E-state index is -3.18. The largest absolute Gasteiger partial charge is 0.431 e. The average Bonchev–Trinajstić information content (AvgIpc) is 2.66. The predicted molar refractivity (Wildman–Crippen MR) is 94.0 cm³/mol. The number of alkyl halides is 2. The molecule has 138 valence electrons. The Kier molecular flexibility index (Phi) is 5.81. The number of halogens is 4. The van der Waals surface area contributed by atoms with Crippen molar-refractivity contribution < 1.29 is 17.9 Å². The first-order valence-electron chi connectivity index (χ1n) is 8.37. The molecule has 0 bridgehead atoms. The van der Waals surface area contributed by atoms with E-state index < -0.39 is 18.2 Å². The van der Waals surface area contributed by atoms with Crippen LogP contribution in [0.5, 0.6) is 5.75 Å². The van der Waals surface area contributed by atoms with Crippen molar-refractivity contribution in [3.63, 3.8) is 0 Å². The molecule has 1 heterocycles. The highest BCUT2D eigenvalue weighted by molar-refractivity contribution is 6.31. The van der Waals surface area contributed by atoms with Gasteiger partial charge in [-0.05, 0) is 55.2 Å². The van der Waals surface area contributed by atoms with Gasteiger partial charge in [0, 0.05) is 12.4 Å². The molecule has 1 aromatic carbocycles. The fourth-order valence-electron chi connectivity index (χ4n) is 3.29. The molecule has 3 nitrogen and oxygen atoms in total. The normalized spacial score (nSPS) is 20.2. The van der Waals surface area contributed by atoms with Crippen molar-refractivity contribution in [2.24, 2.45) is 5.92 Å². The SMILES string of the molecule is C=CC1CCC(c2cnc(-c3ccc(Cl)c(F)c3OC(F)F)nc2)CC1. The van der Waals surface area contributed by atoms with Crippen molar-refractivity contribution in [3.05, 3.63) is 53.6 Å². The van der Waals surface area contributed by atoms with Crippen LogP contribution >= 0.6 is 11.6 Å². The molecule has 1 saturated carbocycles. The Morgan fingerprint density at radius 2 is 1.81 bits per heavy atom. The number of rotatable bonds is 5. The maximum Gasteiger partial charge on any atom is 0.387 e. The summed E-state index contributed by atoms with van der Waals surface area (Å²) < 4.78 is 43.6. The molecule has 1 aromatic heterocycles. The summed E-state index contributed by atoms with van der Waals surface area (Å²) in [4.78, 5) is 8.47. The molecule has 0 amide bonds. The highest BCUT2D eigenvalue weighted by Gasteiger charge is 2.23. The van der Waals surface area contributed by atoms with Gasteiger partial charge >= 0.3 is 6.61 Å². The second-order valence-electron chi connectivity index (χ2n) is 6.30. The summed E-state index contributed by atoms with van der Waals surface area (Å²) in [7, 11) is 0. The van der Waals surface area contributed by atoms with Crippen LogP contribution in [0, 0.1) is 11.7 Å². The maximum atomic E-state index is 14.1. The second kappa shape index (κ2) is 8.08. The van der Waals surface area contributed by atoms with Crippen LogP contribution in [0.1, 0.15) is 37.2 Å². The van der Waals surface area contributed by atoms with E-state index in [2.05, 4.69) is 21.3 Å². The van der Waals surface area contributed by atoms with Gasteiger partial charge in [-0.25, -0.2) is 14.4 Å². The lowest BCUT2D eigenvalue weighted by molar-refractivity contribution is -0.0517. The van der Waals surface area contributed by atoms with Crippen LogP contribution in [0.3, 0.4) is 0 Å². The van der Waals surface area contributed by atoms with Crippen molar-refractivity contribution >= 4 is 11.6 Å². The zero-order chi connectivity index (χ0) is 18.7. The molecule has 0 spiro atoms. The van der Waals surface area contributed by atoms with Gasteiger partial charge in [0.1, 0.15) is 0 Å². The Morgan fingerprint density at radius 3 is 2.38 bits per heavy atom. The van der Waals surface area contributed by atoms with Crippen LogP contribution in [0.4, 0.5) is 13.2 Å². The van der Waals surface area contributed by atoms with E-state index in [1.54, 1.807) is 12.4 Å². The fourth-order valence-corrected chi connectivity index (χ4v) is 3.44. The summed E-state index contributed by atoms with van der Waals surface area (Å²) in [5.41, 5.74) is 1.02. The van der Waals surface area contributed by atoms with Crippen molar-refractivity contribution in [1.29, 1.82) is 0 Å². The van der Waals surface area contributed by atoms with Gasteiger partial charge in [0.25, 0.3) is 0 Å². The van der Waals surface area contributed by atoms with Crippen LogP contribution < -0.4 is 4.74 Å². The highest BCUT2D eigenvalue weighted by atomic mass is 35.5. The molecule has 0 atom stereocenters. The van der Waals surface area contributed by atoms with Gasteiger partial charge in [-0.3, -0.25) is 0 Å². The summed E-state index contributed by atoms with van der Waals surface area (Å²) in [5, 5.41) is -0.306. The number of aromatic nitrogens is 2. The number of hydrogen-bond acceptors (Lipinski definition) is 3. The molecule has 0 saturated heterocycles. The Morgan fingerprint density at radius 1 is 1.15 bits per heavy atom. The van der Waals surface area contributed by atoms with Gasteiger partial charge in [-0.1, -0.05) is 17.7 Å². The molecule has 3 rings (SSSR count). The lowest BCUT2D eigenvalue weighted by Gasteiger charge is -2.26. The number of nitrogens with zero attached hydrogens (tertiary/aromatic N) is 2. The van der Waals surface area contributed by atoms with Crippen LogP contribution in [-0.2, 0) is 0 Å². The topological polar surface area (TPSA) is 35.0 Å². The quantitative estimate of drug-likeness (QED) is 0.595. The van der Waals surface area contributed by atoms with Gasteiger partial charge in [0.2, 0.25) is 0 Å². The summed E-state index contributed by atoms with van der Waals surface area (Å²) in [6.45, 7) is 0.660. The van der Waals surface area contributed by atoms with Gasteiger partial charge in [-0.2, -0.15) is 8.78 Å². The average molecular weight is 383 g/mol. The first-order valence-corrected chi connectivity index (χ1v) is 8.75. The third-order valence-corrected chi connectivity index (χ3v) is 5.04. The minimum absolute atomic E-state index is 0.0362. The highest BCUT2D eigenvalue weighted by Crippen LogP contribution is 2.38. The lowest BCUT2D eigenvalue weighted by Crippen LogP contribution is -2.12. The third-order valence-electron chi connectivity index (χ3n) is 4.75. The zero-order valence-corrected chi connectivity index (χ0v) is 14.7. The Balaban J connectivity index is 1.85. The van der Waals surface area contributed by atoms with E-state index in [0.717, 1.165) is 31.2 Å². The summed E-state index contributed by atoms with van der Waals surface area (Å²) in [6.07, 6.45) is 9.52. The lowest BCUT2D eigenvalue weighted by atomic mass is 9.79. The molecule has 0 N–H and O–H groups in total. The summed E-state index contributed by atoms with van der Waals surface area (Å²) >= 11 is 5.66. The first-order chi connectivity index (χ1) is 12.5. The first kappa shape index (κ1) is 18.7. The molecule has 1 fully saturated rings. The Hall–Kier alpha value is -2.08. The van der Waals surface area contributed by atoms with E-state index in [0.29, 0.717) is 11.8 Å². The van der Waals surface area contributed by atoms with Crippen molar-refractivity contribution in [1.82, 2.24) is 9.97 Å². The minimum Gasteiger partial charge on any atom is -0.431 e. The van der Waals surface area contributed by atoms with Crippen LogP contribution in [0.25, 0.3) is 11.4 Å². The third kappa shape index (κ3) is 4.01. The number of ether oxygens (including phenoxy) is 1. The predicted octanol–water partition coefficient (Wildman–Crippen LogP) is 6.00. The van der Waals surface area contributed by atoms with Gasteiger partial charge < -0.3 is 4.74 Å². The fraction of sp³-hybridized carbons (Fsp3) is 0.368. The smallest absolute Gasteiger partial charge is 0.387 e. The molecular weight excluding hydrogens is 365 g/mol. The molecular formula is C19H18ClF3N2O. The van der Waals surface area contributed by atoms with Crippen LogP contribution in [0.2, 0.25) is 5.02 Å². The Labute approximate surface area is 154 Å². The molecule has 26 heavy (non-hydrogen) atoms. The zero-order valence-electron chi connectivity index (χ0n) is 14.0. The standard InChI is InChI=1S/C19H18ClF3N2O/c1-2-11-3-5-12(6-4-11)13-9-24-18(25-10-13)14-7-8-15(20)16(21)17(14)26-19(22)23/h2,7-12,19H,1,3-6H2. The van der Waals surface area contributed by atoms with Gasteiger partial charge in [0.15, 0.2) is 17.4 Å². The van der Waals surface area contributed by atoms with E-state index in [9.17, 15) is 13.2 Å². The molecule has 1 aliphatic carbocycles. The van der Waals surface area contributed by atoms with E-state index in [4.69, 9.17) is 11.6 Å². The second-order valence-corrected chi connectivity index (χ2v) is 6.71. The van der Waals surface area contributed by atoms with E-state index in [1.807, 2.05) is 6.08 Å². The van der Waals surface area contributed by atoms with E-state index in [1.165, 1.54) is 12.1 Å². The molecule has 0 radical (unpaired) electrons. The summed E-state index contributed by atoms with van der Waals surface area (Å²) in [6, 6.07) is 2.63.